The fourth-order valence-electron chi connectivity index (χ4n) is 1.96. The summed E-state index contributed by atoms with van der Waals surface area (Å²) >= 11 is 11.2. The van der Waals surface area contributed by atoms with Crippen molar-refractivity contribution in [3.8, 4) is 0 Å². The van der Waals surface area contributed by atoms with Crippen LogP contribution in [0.5, 0.6) is 0 Å². The van der Waals surface area contributed by atoms with E-state index in [1.807, 2.05) is 0 Å². The van der Waals surface area contributed by atoms with Gasteiger partial charge in [-0.2, -0.15) is 5.10 Å². The fourth-order valence-corrected chi connectivity index (χ4v) is 2.33. The molecule has 0 aliphatic rings. The molecule has 0 unspecified atom stereocenters. The van der Waals surface area contributed by atoms with Crippen molar-refractivity contribution in [3.63, 3.8) is 0 Å². The number of nitrogens with zero attached hydrogens (tertiary/aromatic N) is 3. The van der Waals surface area contributed by atoms with Crippen molar-refractivity contribution in [1.29, 1.82) is 0 Å². The maximum absolute atomic E-state index is 12.5. The highest BCUT2D eigenvalue weighted by molar-refractivity contribution is 6.33. The van der Waals surface area contributed by atoms with Gasteiger partial charge >= 0.3 is 11.9 Å². The number of methoxy groups -OCH3 is 1. The molecule has 0 aliphatic heterocycles. The average molecular weight is 415 g/mol. The van der Waals surface area contributed by atoms with Crippen LogP contribution in [0.2, 0.25) is 10.0 Å². The summed E-state index contributed by atoms with van der Waals surface area (Å²) in [5, 5.41) is 13.0. The van der Waals surface area contributed by atoms with E-state index in [9.17, 15) is 14.0 Å². The molecule has 27 heavy (non-hydrogen) atoms. The zero-order chi connectivity index (χ0) is 20.1. The van der Waals surface area contributed by atoms with Crippen molar-refractivity contribution in [1.82, 2.24) is 14.6 Å². The lowest BCUT2D eigenvalue weighted by molar-refractivity contribution is 0.0590. The van der Waals surface area contributed by atoms with Gasteiger partial charge in [0.1, 0.15) is 10.8 Å². The molecule has 0 saturated heterocycles. The smallest absolute Gasteiger partial charge is 0.356 e. The third-order valence-electron chi connectivity index (χ3n) is 3.26. The van der Waals surface area contributed by atoms with Gasteiger partial charge in [-0.25, -0.2) is 23.5 Å². The maximum Gasteiger partial charge on any atom is 0.356 e. The molecule has 3 aromatic rings. The van der Waals surface area contributed by atoms with E-state index in [-0.39, 0.29) is 27.1 Å². The van der Waals surface area contributed by atoms with Crippen LogP contribution in [0.3, 0.4) is 0 Å². The Morgan fingerprint density at radius 1 is 1.30 bits per heavy atom. The molecule has 0 bridgehead atoms. The van der Waals surface area contributed by atoms with E-state index < -0.39 is 17.8 Å². The van der Waals surface area contributed by atoms with Gasteiger partial charge < -0.3 is 15.6 Å². The fraction of sp³-hybridized carbons (Fsp3) is 0.125. The zero-order valence-corrected chi connectivity index (χ0v) is 15.3. The number of carboxylic acid groups (broad SMARTS) is 1. The van der Waals surface area contributed by atoms with Gasteiger partial charge in [-0.05, 0) is 17.7 Å². The van der Waals surface area contributed by atoms with E-state index in [0.717, 1.165) is 16.1 Å². The Balaban J connectivity index is 0.000000223. The minimum atomic E-state index is -1.27. The predicted octanol–water partition coefficient (Wildman–Crippen LogP) is 2.81. The first-order valence-corrected chi connectivity index (χ1v) is 8.04. The first kappa shape index (κ1) is 20.6. The topological polar surface area (TPSA) is 120 Å². The largest absolute Gasteiger partial charge is 0.477 e. The second-order valence-corrected chi connectivity index (χ2v) is 5.82. The minimum absolute atomic E-state index is 0.0539. The van der Waals surface area contributed by atoms with Crippen LogP contribution in [-0.4, -0.2) is 38.8 Å². The van der Waals surface area contributed by atoms with Gasteiger partial charge in [0.15, 0.2) is 17.0 Å². The number of aromatic nitrogens is 3. The number of carbonyl (C=O) groups excluding carboxylic acids is 1. The molecule has 2 aromatic heterocycles. The highest BCUT2D eigenvalue weighted by Crippen LogP contribution is 2.17. The first-order valence-electron chi connectivity index (χ1n) is 7.28. The second-order valence-electron chi connectivity index (χ2n) is 5.00. The number of esters is 1. The highest BCUT2D eigenvalue weighted by Gasteiger charge is 2.19. The Kier molecular flexibility index (Phi) is 6.67. The molecule has 3 rings (SSSR count). The molecule has 0 amide bonds. The molecule has 8 nitrogen and oxygen atoms in total. The summed E-state index contributed by atoms with van der Waals surface area (Å²) in [5.41, 5.74) is 5.86. The number of benzene rings is 1. The molecular weight excluding hydrogens is 402 g/mol. The molecule has 142 valence electrons. The number of halogens is 3. The van der Waals surface area contributed by atoms with E-state index in [1.165, 1.54) is 25.4 Å². The molecular formula is C16H13Cl2FN4O4. The normalized spacial score (nSPS) is 10.3. The van der Waals surface area contributed by atoms with Crippen LogP contribution in [0, 0.1) is 5.82 Å². The van der Waals surface area contributed by atoms with Crippen molar-refractivity contribution < 1.29 is 23.8 Å². The van der Waals surface area contributed by atoms with Gasteiger partial charge in [0.2, 0.25) is 0 Å². The summed E-state index contributed by atoms with van der Waals surface area (Å²) in [6.45, 7) is 0.389. The van der Waals surface area contributed by atoms with E-state index >= 15 is 0 Å². The molecule has 1 aromatic carbocycles. The first-order chi connectivity index (χ1) is 12.8. The Hall–Kier alpha value is -2.75. The number of aromatic carboxylic acids is 1. The monoisotopic (exact) mass is 414 g/mol. The number of carboxylic acids is 1. The second kappa shape index (κ2) is 8.76. The van der Waals surface area contributed by atoms with Crippen LogP contribution in [0.15, 0.2) is 30.5 Å². The molecule has 0 aliphatic carbocycles. The number of fused-ring (bicyclic) bond motifs is 1. The molecule has 3 N–H and O–H groups in total. The van der Waals surface area contributed by atoms with E-state index in [0.29, 0.717) is 6.54 Å². The molecule has 2 heterocycles. The van der Waals surface area contributed by atoms with Crippen LogP contribution in [-0.2, 0) is 11.3 Å². The lowest BCUT2D eigenvalue weighted by atomic mass is 10.2. The SMILES string of the molecule is COC(=O)c1cc(C(=O)O)nc2c(Cl)cnn12.NCc1ccc(F)c(Cl)c1. The van der Waals surface area contributed by atoms with Gasteiger partial charge in [-0.3, -0.25) is 0 Å². The minimum Gasteiger partial charge on any atom is -0.477 e. The standard InChI is InChI=1S/C9H6ClN3O4.C7H7ClFN/c1-17-9(16)6-2-5(8(14)15)12-7-4(10)3-11-13(6)7;8-6-3-5(4-10)1-2-7(6)9/h2-3H,1H3,(H,14,15);1-3H,4,10H2. The van der Waals surface area contributed by atoms with Crippen LogP contribution in [0.4, 0.5) is 4.39 Å². The van der Waals surface area contributed by atoms with Crippen LogP contribution >= 0.6 is 23.2 Å². The van der Waals surface area contributed by atoms with Crippen LogP contribution in [0.25, 0.3) is 5.65 Å². The molecule has 0 radical (unpaired) electrons. The van der Waals surface area contributed by atoms with E-state index in [1.54, 1.807) is 6.07 Å². The quantitative estimate of drug-likeness (QED) is 0.632. The Morgan fingerprint density at radius 2 is 2.00 bits per heavy atom. The Bertz CT molecular complexity index is 1010. The van der Waals surface area contributed by atoms with Crippen molar-refractivity contribution in [2.45, 2.75) is 6.54 Å². The molecule has 0 saturated carbocycles. The summed E-state index contributed by atoms with van der Waals surface area (Å²) in [6, 6.07) is 5.52. The van der Waals surface area contributed by atoms with Crippen LogP contribution in [0.1, 0.15) is 26.5 Å². The number of hydrogen-bond acceptors (Lipinski definition) is 6. The maximum atomic E-state index is 12.5. The predicted molar refractivity (Wildman–Crippen MR) is 95.6 cm³/mol. The third-order valence-corrected chi connectivity index (χ3v) is 3.82. The van der Waals surface area contributed by atoms with Gasteiger partial charge in [-0.1, -0.05) is 29.3 Å². The zero-order valence-electron chi connectivity index (χ0n) is 13.8. The molecule has 0 atom stereocenters. The van der Waals surface area contributed by atoms with Crippen molar-refractivity contribution in [3.05, 3.63) is 63.3 Å². The number of rotatable bonds is 3. The van der Waals surface area contributed by atoms with Crippen molar-refractivity contribution >= 4 is 40.8 Å². The van der Waals surface area contributed by atoms with E-state index in [4.69, 9.17) is 34.0 Å². The van der Waals surface area contributed by atoms with Gasteiger partial charge in [0.05, 0.1) is 18.3 Å². The molecule has 11 heteroatoms. The highest BCUT2D eigenvalue weighted by atomic mass is 35.5. The summed E-state index contributed by atoms with van der Waals surface area (Å²) < 4.78 is 18.1. The van der Waals surface area contributed by atoms with Crippen molar-refractivity contribution in [2.24, 2.45) is 5.73 Å². The lowest BCUT2D eigenvalue weighted by Crippen LogP contribution is -2.13. The van der Waals surface area contributed by atoms with Gasteiger partial charge in [0.25, 0.3) is 0 Å². The van der Waals surface area contributed by atoms with Gasteiger partial charge in [-0.15, -0.1) is 0 Å². The Labute approximate surface area is 162 Å². The van der Waals surface area contributed by atoms with Crippen molar-refractivity contribution in [2.75, 3.05) is 7.11 Å². The number of ether oxygens (including phenoxy) is 1. The Morgan fingerprint density at radius 3 is 2.56 bits per heavy atom. The summed E-state index contributed by atoms with van der Waals surface area (Å²) in [4.78, 5) is 26.1. The van der Waals surface area contributed by atoms with Crippen LogP contribution < -0.4 is 5.73 Å². The molecule has 0 spiro atoms. The lowest BCUT2D eigenvalue weighted by Gasteiger charge is -2.03. The summed E-state index contributed by atoms with van der Waals surface area (Å²) in [5.74, 6) is -2.39. The molecule has 0 fully saturated rings. The number of hydrogen-bond donors (Lipinski definition) is 2. The summed E-state index contributed by atoms with van der Waals surface area (Å²) in [7, 11) is 1.18. The summed E-state index contributed by atoms with van der Waals surface area (Å²) in [6.07, 6.45) is 1.27. The number of nitrogens with two attached hydrogens (primary N) is 1. The van der Waals surface area contributed by atoms with Gasteiger partial charge in [0, 0.05) is 12.6 Å². The third kappa shape index (κ3) is 4.70. The van der Waals surface area contributed by atoms with E-state index in [2.05, 4.69) is 14.8 Å². The average Bonchev–Trinajstić information content (AvgIpc) is 3.04. The number of carbonyl (C=O) groups is 2.